The Labute approximate surface area is 295 Å². The Morgan fingerprint density at radius 3 is 1.09 bits per heavy atom. The second-order valence-corrected chi connectivity index (χ2v) is 23.6. The first kappa shape index (κ1) is 28.9. The van der Waals surface area contributed by atoms with Crippen molar-refractivity contribution >= 4 is 94.1 Å². The van der Waals surface area contributed by atoms with Crippen molar-refractivity contribution in [3.05, 3.63) is 96.2 Å². The quantitative estimate of drug-likeness (QED) is 0.278. The van der Waals surface area contributed by atoms with E-state index in [1.54, 1.807) is 22.3 Å². The first-order valence-electron chi connectivity index (χ1n) is 15.8. The third-order valence-corrected chi connectivity index (χ3v) is 22.4. The summed E-state index contributed by atoms with van der Waals surface area (Å²) in [4.78, 5) is 5.92. The van der Waals surface area contributed by atoms with Gasteiger partial charge in [0, 0.05) is 43.3 Å². The van der Waals surface area contributed by atoms with Crippen molar-refractivity contribution in [1.29, 1.82) is 0 Å². The van der Waals surface area contributed by atoms with E-state index in [4.69, 9.17) is 0 Å². The van der Waals surface area contributed by atoms with Gasteiger partial charge in [-0.05, 0) is 83.0 Å². The highest BCUT2D eigenvalue weighted by atomic mass is 32.3. The molecule has 12 rings (SSSR count). The van der Waals surface area contributed by atoms with Crippen molar-refractivity contribution < 1.29 is 0 Å². The third kappa shape index (κ3) is 4.43. The van der Waals surface area contributed by atoms with Crippen molar-refractivity contribution in [2.24, 2.45) is 23.7 Å². The van der Waals surface area contributed by atoms with Gasteiger partial charge in [0.05, 0.1) is 25.4 Å². The van der Waals surface area contributed by atoms with Gasteiger partial charge in [-0.15, -0.1) is 0 Å². The van der Waals surface area contributed by atoms with Crippen molar-refractivity contribution in [2.75, 3.05) is 0 Å². The van der Waals surface area contributed by atoms with E-state index in [1.807, 2.05) is 94.1 Å². The predicted molar refractivity (Wildman–Crippen MR) is 203 cm³/mol. The highest BCUT2D eigenvalue weighted by molar-refractivity contribution is 8.45. The number of hydrogen-bond acceptors (Lipinski definition) is 8. The Bertz CT molecular complexity index is 1690. The zero-order valence-electron chi connectivity index (χ0n) is 24.9. The summed E-state index contributed by atoms with van der Waals surface area (Å²) in [6.07, 6.45) is 12.7. The largest absolute Gasteiger partial charge is 0.0804 e. The molecule has 4 heterocycles. The van der Waals surface area contributed by atoms with Crippen LogP contribution < -0.4 is 0 Å². The summed E-state index contributed by atoms with van der Waals surface area (Å²) in [7, 11) is 0. The van der Waals surface area contributed by atoms with Gasteiger partial charge in [-0.1, -0.05) is 146 Å². The van der Waals surface area contributed by atoms with Crippen LogP contribution in [-0.2, 0) is 0 Å². The summed E-state index contributed by atoms with van der Waals surface area (Å²) in [6.45, 7) is 9.66. The van der Waals surface area contributed by atoms with E-state index in [-0.39, 0.29) is 0 Å². The fraction of sp³-hybridized carbons (Fsp3) is 0.389. The number of rotatable bonds is 2. The molecule has 0 saturated carbocycles. The fourth-order valence-corrected chi connectivity index (χ4v) is 20.5. The Kier molecular flexibility index (Phi) is 7.04. The first-order valence-corrected chi connectivity index (χ1v) is 22.3. The van der Waals surface area contributed by atoms with Gasteiger partial charge in [-0.25, -0.2) is 0 Å². The highest BCUT2D eigenvalue weighted by Crippen LogP contribution is 2.71. The maximum atomic E-state index is 2.58. The van der Waals surface area contributed by atoms with Crippen LogP contribution >= 0.6 is 94.1 Å². The lowest BCUT2D eigenvalue weighted by Gasteiger charge is -2.42. The van der Waals surface area contributed by atoms with Crippen molar-refractivity contribution in [1.82, 2.24) is 0 Å². The number of allylic oxidation sites excluding steroid dienone is 4. The molecule has 0 aromatic heterocycles. The molecule has 0 nitrogen and oxygen atoms in total. The van der Waals surface area contributed by atoms with Crippen LogP contribution in [0.25, 0.3) is 0 Å². The van der Waals surface area contributed by atoms with Crippen LogP contribution in [0, 0.1) is 23.7 Å². The molecule has 224 valence electrons. The smallest absolute Gasteiger partial charge is 0.0718 e. The van der Waals surface area contributed by atoms with Gasteiger partial charge < -0.3 is 0 Å². The minimum absolute atomic E-state index is 0.598. The summed E-state index contributed by atoms with van der Waals surface area (Å²) < 4.78 is 8.97. The summed E-state index contributed by atoms with van der Waals surface area (Å²) in [5.41, 5.74) is 6.45. The minimum atomic E-state index is 0.598. The molecule has 4 bridgehead atoms. The van der Waals surface area contributed by atoms with Crippen molar-refractivity contribution in [2.45, 2.75) is 83.8 Å². The highest BCUT2D eigenvalue weighted by Gasteiger charge is 2.42. The normalized spacial score (nSPS) is 33.7. The number of thioether (sulfide) groups is 8. The Balaban J connectivity index is 0.884. The second-order valence-electron chi connectivity index (χ2n) is 13.7. The SMILES string of the molecule is CC(C)C1CC2C=CC1c1cc3c(cc12)SC1=C(SC(=C2SC4=C(S2)Sc2cc5c(cc2S4)C2C=CC5C(C(C)C)C2)S1)S3. The lowest BCUT2D eigenvalue weighted by atomic mass is 9.63. The number of fused-ring (bicyclic) bond motifs is 4. The average molecular weight is 721 g/mol. The summed E-state index contributed by atoms with van der Waals surface area (Å²) in [6, 6.07) is 10.3. The average Bonchev–Trinajstić information content (AvgIpc) is 3.64. The second kappa shape index (κ2) is 10.7. The van der Waals surface area contributed by atoms with Crippen molar-refractivity contribution in [3.63, 3.8) is 0 Å². The van der Waals surface area contributed by atoms with Crippen LogP contribution in [0.2, 0.25) is 0 Å². The molecule has 44 heavy (non-hydrogen) atoms. The van der Waals surface area contributed by atoms with Crippen LogP contribution in [0.15, 0.2) is 93.6 Å². The minimum Gasteiger partial charge on any atom is -0.0804 e. The molecule has 6 atom stereocenters. The predicted octanol–water partition coefficient (Wildman–Crippen LogP) is 13.9. The van der Waals surface area contributed by atoms with Gasteiger partial charge in [0.25, 0.3) is 0 Å². The standard InChI is InChI=1S/C36H32S8/c1-15(2)21-9-17-5-7-19(21)25-13-29-27(11-23(17)25)37-31-33(39-29)43-35(41-31)36-42-32-34(44-36)40-30-14-26-20-8-6-18(10-22(20)16(3)4)24(26)12-28(30)38-32/h5-8,11-22H,9-10H2,1-4H3. The summed E-state index contributed by atoms with van der Waals surface area (Å²) in [5, 5.41) is 0. The van der Waals surface area contributed by atoms with Gasteiger partial charge in [-0.2, -0.15) is 0 Å². The molecule has 6 unspecified atom stereocenters. The van der Waals surface area contributed by atoms with E-state index in [0.717, 1.165) is 23.7 Å². The Morgan fingerprint density at radius 2 is 0.750 bits per heavy atom. The van der Waals surface area contributed by atoms with Crippen molar-refractivity contribution in [3.8, 4) is 0 Å². The molecule has 0 amide bonds. The number of benzene rings is 2. The van der Waals surface area contributed by atoms with E-state index < -0.39 is 0 Å². The molecular weight excluding hydrogens is 689 g/mol. The van der Waals surface area contributed by atoms with Gasteiger partial charge in [-0.3, -0.25) is 0 Å². The van der Waals surface area contributed by atoms with Crippen LogP contribution in [0.3, 0.4) is 0 Å². The monoisotopic (exact) mass is 720 g/mol. The van der Waals surface area contributed by atoms with Gasteiger partial charge in [0.1, 0.15) is 0 Å². The maximum Gasteiger partial charge on any atom is 0.0718 e. The molecule has 0 saturated heterocycles. The topological polar surface area (TPSA) is 0 Å². The van der Waals surface area contributed by atoms with Crippen LogP contribution in [0.1, 0.15) is 86.5 Å². The molecule has 0 radical (unpaired) electrons. The molecule has 8 heteroatoms. The van der Waals surface area contributed by atoms with Gasteiger partial charge in [0.2, 0.25) is 0 Å². The van der Waals surface area contributed by atoms with Gasteiger partial charge >= 0.3 is 0 Å². The zero-order valence-corrected chi connectivity index (χ0v) is 31.4. The lowest BCUT2D eigenvalue weighted by molar-refractivity contribution is 0.286. The maximum absolute atomic E-state index is 2.58. The van der Waals surface area contributed by atoms with E-state index in [0.29, 0.717) is 23.7 Å². The molecule has 4 aliphatic heterocycles. The molecule has 2 aromatic carbocycles. The molecule has 0 N–H and O–H groups in total. The van der Waals surface area contributed by atoms with E-state index >= 15 is 0 Å². The molecule has 0 fully saturated rings. The van der Waals surface area contributed by atoms with Crippen LogP contribution in [0.5, 0.6) is 0 Å². The third-order valence-electron chi connectivity index (χ3n) is 10.7. The van der Waals surface area contributed by atoms with E-state index in [9.17, 15) is 0 Å². The first-order chi connectivity index (χ1) is 21.4. The lowest BCUT2D eigenvalue weighted by Crippen LogP contribution is -2.29. The molecular formula is C36H32S8. The Hall–Kier alpha value is -0.0600. The molecule has 0 spiro atoms. The van der Waals surface area contributed by atoms with Crippen LogP contribution in [0.4, 0.5) is 0 Å². The molecule has 6 aliphatic carbocycles. The number of hydrogen-bond donors (Lipinski definition) is 0. The molecule has 2 aromatic rings. The fourth-order valence-electron chi connectivity index (χ4n) is 8.42. The van der Waals surface area contributed by atoms with E-state index in [1.165, 1.54) is 57.8 Å². The summed E-state index contributed by atoms with van der Waals surface area (Å²) >= 11 is 16.2. The Morgan fingerprint density at radius 1 is 0.432 bits per heavy atom. The molecule has 10 aliphatic rings. The van der Waals surface area contributed by atoms with E-state index in [2.05, 4.69) is 76.3 Å². The van der Waals surface area contributed by atoms with Gasteiger partial charge in [0.15, 0.2) is 0 Å². The zero-order chi connectivity index (χ0) is 29.4. The summed E-state index contributed by atoms with van der Waals surface area (Å²) in [5.74, 6) is 5.45. The van der Waals surface area contributed by atoms with Crippen LogP contribution in [-0.4, -0.2) is 0 Å².